The highest BCUT2D eigenvalue weighted by Crippen LogP contribution is 2.25. The summed E-state index contributed by atoms with van der Waals surface area (Å²) in [5.41, 5.74) is 0.826. The number of anilines is 3. The number of hydrogen-bond acceptors (Lipinski definition) is 8. The molecule has 5 heterocycles. The second-order valence-electron chi connectivity index (χ2n) is 8.33. The molecule has 0 atom stereocenters. The zero-order valence-corrected chi connectivity index (χ0v) is 17.7. The molecule has 0 unspecified atom stereocenters. The molecule has 0 radical (unpaired) electrons. The number of aromatic nitrogens is 4. The van der Waals surface area contributed by atoms with Gasteiger partial charge in [-0.3, -0.25) is 0 Å². The van der Waals surface area contributed by atoms with Crippen molar-refractivity contribution in [3.05, 3.63) is 18.2 Å². The van der Waals surface area contributed by atoms with E-state index < -0.39 is 0 Å². The van der Waals surface area contributed by atoms with E-state index in [1.54, 1.807) is 0 Å². The van der Waals surface area contributed by atoms with Gasteiger partial charge in [0.2, 0.25) is 11.9 Å². The highest BCUT2D eigenvalue weighted by molar-refractivity contribution is 5.58. The molecule has 0 bridgehead atoms. The van der Waals surface area contributed by atoms with Gasteiger partial charge in [-0.2, -0.15) is 15.0 Å². The van der Waals surface area contributed by atoms with E-state index in [4.69, 9.17) is 24.7 Å². The lowest BCUT2D eigenvalue weighted by molar-refractivity contribution is 0.122. The van der Waals surface area contributed by atoms with Gasteiger partial charge in [-0.25, -0.2) is 4.98 Å². The monoisotopic (exact) mass is 409 g/mol. The second-order valence-corrected chi connectivity index (χ2v) is 8.33. The fourth-order valence-corrected chi connectivity index (χ4v) is 4.46. The van der Waals surface area contributed by atoms with Gasteiger partial charge in [0, 0.05) is 39.3 Å². The van der Waals surface area contributed by atoms with E-state index in [1.165, 1.54) is 38.5 Å². The van der Waals surface area contributed by atoms with E-state index in [9.17, 15) is 0 Å². The summed E-state index contributed by atoms with van der Waals surface area (Å²) < 4.78 is 5.53. The summed E-state index contributed by atoms with van der Waals surface area (Å²) in [7, 11) is 0. The molecule has 0 saturated carbocycles. The van der Waals surface area contributed by atoms with Crippen LogP contribution in [0.4, 0.5) is 17.7 Å². The van der Waals surface area contributed by atoms with Gasteiger partial charge in [-0.05, 0) is 37.8 Å². The molecule has 8 heteroatoms. The molecule has 2 aromatic heterocycles. The van der Waals surface area contributed by atoms with Crippen LogP contribution >= 0.6 is 0 Å². The van der Waals surface area contributed by atoms with Crippen LogP contribution in [0.1, 0.15) is 38.5 Å². The van der Waals surface area contributed by atoms with Crippen LogP contribution in [0.15, 0.2) is 18.2 Å². The van der Waals surface area contributed by atoms with Crippen molar-refractivity contribution in [3.8, 4) is 11.5 Å². The first-order valence-corrected chi connectivity index (χ1v) is 11.4. The molecule has 0 aliphatic carbocycles. The SMILES string of the molecule is c1cc(-c2nc(N3CCCCCC3)nc(N3CCOCC3)n2)nc(N2CCCC2)c1. The quantitative estimate of drug-likeness (QED) is 0.763. The molecule has 0 amide bonds. The number of nitrogens with zero attached hydrogens (tertiary/aromatic N) is 7. The summed E-state index contributed by atoms with van der Waals surface area (Å²) in [6.45, 7) is 7.21. The average molecular weight is 410 g/mol. The third kappa shape index (κ3) is 4.33. The van der Waals surface area contributed by atoms with Crippen molar-refractivity contribution in [1.29, 1.82) is 0 Å². The van der Waals surface area contributed by atoms with E-state index >= 15 is 0 Å². The Morgan fingerprint density at radius 1 is 0.600 bits per heavy atom. The van der Waals surface area contributed by atoms with Crippen molar-refractivity contribution in [2.45, 2.75) is 38.5 Å². The molecule has 8 nitrogen and oxygen atoms in total. The first-order valence-electron chi connectivity index (χ1n) is 11.4. The second kappa shape index (κ2) is 9.12. The standard InChI is InChI=1S/C22H31N7O/c1-2-4-13-28(12-3-1)21-24-20(25-22(26-21)29-14-16-30-17-15-29)18-8-7-9-19(23-18)27-10-5-6-11-27/h7-9H,1-6,10-17H2. The normalized spacial score (nSPS) is 20.5. The van der Waals surface area contributed by atoms with E-state index in [0.717, 1.165) is 62.7 Å². The molecule has 3 saturated heterocycles. The van der Waals surface area contributed by atoms with Gasteiger partial charge in [0.25, 0.3) is 0 Å². The van der Waals surface area contributed by atoms with Gasteiger partial charge in [0.15, 0.2) is 5.82 Å². The lowest BCUT2D eigenvalue weighted by atomic mass is 10.2. The minimum absolute atomic E-state index is 0.673. The van der Waals surface area contributed by atoms with Gasteiger partial charge in [-0.15, -0.1) is 0 Å². The molecule has 2 aromatic rings. The minimum Gasteiger partial charge on any atom is -0.378 e. The Kier molecular flexibility index (Phi) is 5.92. The maximum Gasteiger partial charge on any atom is 0.230 e. The third-order valence-corrected chi connectivity index (χ3v) is 6.19. The van der Waals surface area contributed by atoms with Crippen molar-refractivity contribution in [3.63, 3.8) is 0 Å². The van der Waals surface area contributed by atoms with Crippen molar-refractivity contribution < 1.29 is 4.74 Å². The maximum atomic E-state index is 5.53. The number of pyridine rings is 1. The fourth-order valence-electron chi connectivity index (χ4n) is 4.46. The summed E-state index contributed by atoms with van der Waals surface area (Å²) >= 11 is 0. The van der Waals surface area contributed by atoms with Crippen LogP contribution in [0.5, 0.6) is 0 Å². The maximum absolute atomic E-state index is 5.53. The number of hydrogen-bond donors (Lipinski definition) is 0. The first kappa shape index (κ1) is 19.5. The highest BCUT2D eigenvalue weighted by Gasteiger charge is 2.22. The Morgan fingerprint density at radius 3 is 1.90 bits per heavy atom. The Morgan fingerprint density at radius 2 is 1.20 bits per heavy atom. The van der Waals surface area contributed by atoms with Gasteiger partial charge < -0.3 is 19.4 Å². The number of rotatable bonds is 4. The van der Waals surface area contributed by atoms with E-state index in [2.05, 4.69) is 26.8 Å². The van der Waals surface area contributed by atoms with Crippen molar-refractivity contribution >= 4 is 17.7 Å². The fraction of sp³-hybridized carbons (Fsp3) is 0.636. The van der Waals surface area contributed by atoms with E-state index in [-0.39, 0.29) is 0 Å². The van der Waals surface area contributed by atoms with Crippen molar-refractivity contribution in [2.24, 2.45) is 0 Å². The predicted molar refractivity (Wildman–Crippen MR) is 118 cm³/mol. The molecule has 5 rings (SSSR count). The molecule has 3 aliphatic rings. The smallest absolute Gasteiger partial charge is 0.230 e. The Balaban J connectivity index is 1.51. The highest BCUT2D eigenvalue weighted by atomic mass is 16.5. The zero-order valence-electron chi connectivity index (χ0n) is 17.7. The summed E-state index contributed by atoms with van der Waals surface area (Å²) in [5.74, 6) is 3.23. The van der Waals surface area contributed by atoms with Crippen LogP contribution in [-0.4, -0.2) is 72.4 Å². The molecule has 3 aliphatic heterocycles. The van der Waals surface area contributed by atoms with Crippen LogP contribution in [0.3, 0.4) is 0 Å². The van der Waals surface area contributed by atoms with Gasteiger partial charge in [-0.1, -0.05) is 18.9 Å². The minimum atomic E-state index is 0.673. The third-order valence-electron chi connectivity index (χ3n) is 6.19. The van der Waals surface area contributed by atoms with Crippen LogP contribution in [-0.2, 0) is 4.74 Å². The van der Waals surface area contributed by atoms with Crippen LogP contribution < -0.4 is 14.7 Å². The van der Waals surface area contributed by atoms with E-state index in [0.29, 0.717) is 19.0 Å². The molecular weight excluding hydrogens is 378 g/mol. The lowest BCUT2D eigenvalue weighted by Gasteiger charge is -2.28. The van der Waals surface area contributed by atoms with Crippen LogP contribution in [0, 0.1) is 0 Å². The molecule has 0 spiro atoms. The van der Waals surface area contributed by atoms with Gasteiger partial charge in [0.1, 0.15) is 11.5 Å². The molecule has 30 heavy (non-hydrogen) atoms. The number of morpholine rings is 1. The molecule has 3 fully saturated rings. The van der Waals surface area contributed by atoms with Gasteiger partial charge >= 0.3 is 0 Å². The molecule has 160 valence electrons. The molecule has 0 N–H and O–H groups in total. The average Bonchev–Trinajstić information content (AvgIpc) is 3.22. The topological polar surface area (TPSA) is 70.5 Å². The molecule has 0 aromatic carbocycles. The van der Waals surface area contributed by atoms with Crippen LogP contribution in [0.25, 0.3) is 11.5 Å². The zero-order chi connectivity index (χ0) is 20.2. The summed E-state index contributed by atoms with van der Waals surface area (Å²) in [6, 6.07) is 6.18. The largest absolute Gasteiger partial charge is 0.378 e. The molecular formula is C22H31N7O. The van der Waals surface area contributed by atoms with Gasteiger partial charge in [0.05, 0.1) is 13.2 Å². The van der Waals surface area contributed by atoms with Crippen LogP contribution in [0.2, 0.25) is 0 Å². The summed E-state index contributed by atoms with van der Waals surface area (Å²) in [5, 5.41) is 0. The summed E-state index contributed by atoms with van der Waals surface area (Å²) in [4.78, 5) is 26.4. The Bertz CT molecular complexity index is 841. The Hall–Kier alpha value is -2.48. The van der Waals surface area contributed by atoms with E-state index in [1.807, 2.05) is 6.07 Å². The lowest BCUT2D eigenvalue weighted by Crippen LogP contribution is -2.38. The summed E-state index contributed by atoms with van der Waals surface area (Å²) in [6.07, 6.45) is 7.41. The first-order chi connectivity index (χ1) is 14.9. The van der Waals surface area contributed by atoms with Crippen molar-refractivity contribution in [1.82, 2.24) is 19.9 Å². The predicted octanol–water partition coefficient (Wildman–Crippen LogP) is 2.75. The Labute approximate surface area is 178 Å². The number of ether oxygens (including phenoxy) is 1. The van der Waals surface area contributed by atoms with Crippen molar-refractivity contribution in [2.75, 3.05) is 67.2 Å².